The minimum absolute atomic E-state index is 0.908. The molecule has 198 valence electrons. The van der Waals surface area contributed by atoms with Crippen LogP contribution in [0.15, 0.2) is 153 Å². The third-order valence-electron chi connectivity index (χ3n) is 7.85. The first-order valence-electron chi connectivity index (χ1n) is 13.8. The lowest BCUT2D eigenvalue weighted by Gasteiger charge is -2.33. The summed E-state index contributed by atoms with van der Waals surface area (Å²) in [4.78, 5) is 19.6. The van der Waals surface area contributed by atoms with Gasteiger partial charge in [0.2, 0.25) is 0 Å². The molecule has 0 amide bonds. The first kappa shape index (κ1) is 23.9. The van der Waals surface area contributed by atoms with E-state index in [0.29, 0.717) is 0 Å². The Labute approximate surface area is 251 Å². The number of hydrogen-bond donors (Lipinski definition) is 0. The molecule has 0 fully saturated rings. The number of aromatic nitrogens is 2. The van der Waals surface area contributed by atoms with E-state index >= 15 is 0 Å². The van der Waals surface area contributed by atoms with E-state index < -0.39 is 0 Å². The standard InChI is InChI=1S/C36H22N4S2/c1-5-13-31-27(9-1)39(28-10-2-6-14-32(28)41-31)25-19-23-17-18-24-20-26(22-38-36(24)35(23)37-21-25)40-29-11-3-7-15-33(29)42-34-16-8-4-12-30(34)40/h1-22H. The Bertz CT molecular complexity index is 1950. The number of hydrogen-bond acceptors (Lipinski definition) is 6. The van der Waals surface area contributed by atoms with E-state index in [1.54, 1.807) is 0 Å². The quantitative estimate of drug-likeness (QED) is 0.191. The second kappa shape index (κ2) is 9.38. The zero-order valence-electron chi connectivity index (χ0n) is 22.3. The highest BCUT2D eigenvalue weighted by atomic mass is 32.2. The fraction of sp³-hybridized carbons (Fsp3) is 0. The van der Waals surface area contributed by atoms with Crippen molar-refractivity contribution in [3.8, 4) is 0 Å². The molecule has 0 bridgehead atoms. The van der Waals surface area contributed by atoms with Crippen LogP contribution in [0.1, 0.15) is 0 Å². The number of benzene rings is 5. The Morgan fingerprint density at radius 3 is 1.10 bits per heavy atom. The van der Waals surface area contributed by atoms with Crippen LogP contribution in [0.25, 0.3) is 21.8 Å². The van der Waals surface area contributed by atoms with E-state index in [4.69, 9.17) is 9.97 Å². The fourth-order valence-electron chi connectivity index (χ4n) is 5.98. The first-order valence-corrected chi connectivity index (χ1v) is 15.5. The average molecular weight is 575 g/mol. The molecule has 0 radical (unpaired) electrons. The average Bonchev–Trinajstić information content (AvgIpc) is 3.05. The Morgan fingerprint density at radius 1 is 0.405 bits per heavy atom. The van der Waals surface area contributed by atoms with Gasteiger partial charge in [-0.15, -0.1) is 0 Å². The fourth-order valence-corrected chi connectivity index (χ4v) is 8.10. The van der Waals surface area contributed by atoms with E-state index in [-0.39, 0.29) is 0 Å². The number of anilines is 6. The van der Waals surface area contributed by atoms with Gasteiger partial charge in [-0.05, 0) is 60.7 Å². The Kier molecular flexibility index (Phi) is 5.33. The number of fused-ring (bicyclic) bond motifs is 7. The number of nitrogens with zero attached hydrogens (tertiary/aromatic N) is 4. The van der Waals surface area contributed by atoms with Crippen LogP contribution in [0.3, 0.4) is 0 Å². The van der Waals surface area contributed by atoms with Crippen molar-refractivity contribution in [1.29, 1.82) is 0 Å². The van der Waals surface area contributed by atoms with Crippen molar-refractivity contribution in [1.82, 2.24) is 9.97 Å². The maximum absolute atomic E-state index is 5.02. The molecule has 5 aromatic carbocycles. The lowest BCUT2D eigenvalue weighted by molar-refractivity contribution is 1.15. The highest BCUT2D eigenvalue weighted by molar-refractivity contribution is 8.00. The topological polar surface area (TPSA) is 32.3 Å². The van der Waals surface area contributed by atoms with E-state index in [1.165, 1.54) is 42.3 Å². The lowest BCUT2D eigenvalue weighted by atomic mass is 10.1. The zero-order valence-corrected chi connectivity index (χ0v) is 23.9. The lowest BCUT2D eigenvalue weighted by Crippen LogP contribution is -2.15. The molecule has 0 saturated carbocycles. The summed E-state index contributed by atoms with van der Waals surface area (Å²) in [6.45, 7) is 0. The Morgan fingerprint density at radius 2 is 0.738 bits per heavy atom. The van der Waals surface area contributed by atoms with Crippen LogP contribution in [0, 0.1) is 0 Å². The van der Waals surface area contributed by atoms with Crippen LogP contribution in [0.5, 0.6) is 0 Å². The minimum Gasteiger partial charge on any atom is -0.307 e. The molecule has 0 N–H and O–H groups in total. The summed E-state index contributed by atoms with van der Waals surface area (Å²) >= 11 is 3.63. The molecule has 2 aliphatic heterocycles. The summed E-state index contributed by atoms with van der Waals surface area (Å²) in [5.41, 5.74) is 8.58. The van der Waals surface area contributed by atoms with Gasteiger partial charge >= 0.3 is 0 Å². The predicted molar refractivity (Wildman–Crippen MR) is 175 cm³/mol. The molecule has 9 rings (SSSR count). The molecular weight excluding hydrogens is 553 g/mol. The summed E-state index contributed by atoms with van der Waals surface area (Å²) in [6.07, 6.45) is 3.96. The first-order chi connectivity index (χ1) is 20.8. The van der Waals surface area contributed by atoms with Crippen molar-refractivity contribution in [3.63, 3.8) is 0 Å². The molecule has 2 aromatic heterocycles. The highest BCUT2D eigenvalue weighted by Gasteiger charge is 2.26. The second-order valence-electron chi connectivity index (χ2n) is 10.3. The Hall–Kier alpha value is -4.78. The SMILES string of the molecule is c1ccc2c(c1)Sc1ccccc1N2c1cnc2c(ccc3cc(N4c5ccccc5Sc5ccccc54)cnc32)c1. The predicted octanol–water partition coefficient (Wildman–Crippen LogP) is 10.7. The van der Waals surface area contributed by atoms with Crippen LogP contribution in [0.2, 0.25) is 0 Å². The summed E-state index contributed by atoms with van der Waals surface area (Å²) in [6, 6.07) is 43.1. The molecule has 0 aliphatic carbocycles. The van der Waals surface area contributed by atoms with Gasteiger partial charge in [0.05, 0.1) is 57.6 Å². The molecule has 0 atom stereocenters. The van der Waals surface area contributed by atoms with Crippen LogP contribution in [-0.4, -0.2) is 9.97 Å². The van der Waals surface area contributed by atoms with Crippen LogP contribution in [-0.2, 0) is 0 Å². The van der Waals surface area contributed by atoms with Crippen molar-refractivity contribution >= 4 is 79.5 Å². The van der Waals surface area contributed by atoms with E-state index in [0.717, 1.165) is 33.2 Å². The van der Waals surface area contributed by atoms with Gasteiger partial charge in [-0.3, -0.25) is 9.97 Å². The number of para-hydroxylation sites is 4. The van der Waals surface area contributed by atoms with Crippen molar-refractivity contribution < 1.29 is 0 Å². The molecule has 4 heterocycles. The highest BCUT2D eigenvalue weighted by Crippen LogP contribution is 2.52. The van der Waals surface area contributed by atoms with E-state index in [2.05, 4.69) is 131 Å². The van der Waals surface area contributed by atoms with Crippen LogP contribution in [0.4, 0.5) is 34.1 Å². The van der Waals surface area contributed by atoms with Crippen molar-refractivity contribution in [2.45, 2.75) is 19.6 Å². The smallest absolute Gasteiger partial charge is 0.0966 e. The molecule has 0 saturated heterocycles. The number of rotatable bonds is 2. The van der Waals surface area contributed by atoms with Crippen molar-refractivity contribution in [3.05, 3.63) is 134 Å². The van der Waals surface area contributed by atoms with E-state index in [1.807, 2.05) is 35.9 Å². The van der Waals surface area contributed by atoms with Gasteiger partial charge in [0.25, 0.3) is 0 Å². The summed E-state index contributed by atoms with van der Waals surface area (Å²) < 4.78 is 0. The molecule has 0 unspecified atom stereocenters. The van der Waals surface area contributed by atoms with Crippen molar-refractivity contribution in [2.24, 2.45) is 0 Å². The molecular formula is C36H22N4S2. The second-order valence-corrected chi connectivity index (χ2v) is 12.5. The number of pyridine rings is 2. The Balaban J connectivity index is 1.17. The summed E-state index contributed by atoms with van der Waals surface area (Å²) in [5.74, 6) is 0. The third-order valence-corrected chi connectivity index (χ3v) is 10.1. The third kappa shape index (κ3) is 3.66. The molecule has 4 nitrogen and oxygen atoms in total. The van der Waals surface area contributed by atoms with E-state index in [9.17, 15) is 0 Å². The van der Waals surface area contributed by atoms with Gasteiger partial charge in [-0.25, -0.2) is 0 Å². The van der Waals surface area contributed by atoms with Crippen molar-refractivity contribution in [2.75, 3.05) is 9.80 Å². The maximum atomic E-state index is 5.02. The van der Waals surface area contributed by atoms with Crippen LogP contribution < -0.4 is 9.80 Å². The molecule has 42 heavy (non-hydrogen) atoms. The largest absolute Gasteiger partial charge is 0.307 e. The summed E-state index contributed by atoms with van der Waals surface area (Å²) in [5, 5.41) is 2.14. The molecule has 6 heteroatoms. The van der Waals surface area contributed by atoms with Gasteiger partial charge in [0, 0.05) is 30.4 Å². The monoisotopic (exact) mass is 574 g/mol. The molecule has 7 aromatic rings. The van der Waals surface area contributed by atoms with Gasteiger partial charge in [0.1, 0.15) is 0 Å². The molecule has 2 aliphatic rings. The van der Waals surface area contributed by atoms with Gasteiger partial charge in [0.15, 0.2) is 0 Å². The maximum Gasteiger partial charge on any atom is 0.0966 e. The van der Waals surface area contributed by atoms with Crippen LogP contribution >= 0.6 is 23.5 Å². The van der Waals surface area contributed by atoms with Gasteiger partial charge in [-0.1, -0.05) is 84.2 Å². The zero-order chi connectivity index (χ0) is 27.6. The molecule has 0 spiro atoms. The van der Waals surface area contributed by atoms with Gasteiger partial charge < -0.3 is 9.80 Å². The normalized spacial score (nSPS) is 13.4. The minimum atomic E-state index is 0.908. The summed E-state index contributed by atoms with van der Waals surface area (Å²) in [7, 11) is 0. The van der Waals surface area contributed by atoms with Gasteiger partial charge in [-0.2, -0.15) is 0 Å².